The van der Waals surface area contributed by atoms with Crippen LogP contribution in [0.15, 0.2) is 35.6 Å². The number of Topliss-reactive ketones (excluding diaryl/α,β-unsaturated/α-hetero) is 1. The Labute approximate surface area is 259 Å². The molecule has 43 heavy (non-hydrogen) atoms. The average molecular weight is 606 g/mol. The normalized spacial score (nSPS) is 24.8. The molecule has 0 unspecified atom stereocenters. The second kappa shape index (κ2) is 11.6. The van der Waals surface area contributed by atoms with Gasteiger partial charge in [-0.25, -0.2) is 4.98 Å². The predicted molar refractivity (Wildman–Crippen MR) is 169 cm³/mol. The molecule has 1 N–H and O–H groups in total. The van der Waals surface area contributed by atoms with E-state index in [4.69, 9.17) is 14.5 Å². The predicted octanol–water partition coefficient (Wildman–Crippen LogP) is 6.01. The second-order valence-electron chi connectivity index (χ2n) is 13.3. The molecule has 2 amide bonds. The van der Waals surface area contributed by atoms with Crippen LogP contribution in [-0.2, 0) is 14.3 Å². The SMILES string of the molecule is COc1ccc(-c2ccc(C)c(C(=O)NSC)n2)c(C)c1[C@H]1C2=C(CC(C)(C)CC2=O)O[C@H]2C[C@@H](C(C)C)N(C)C(=O)[C@@H]21. The number of carbonyl (C=O) groups is 3. The molecule has 4 atom stereocenters. The largest absolute Gasteiger partial charge is 0.496 e. The maximum Gasteiger partial charge on any atom is 0.279 e. The number of ketones is 1. The summed E-state index contributed by atoms with van der Waals surface area (Å²) < 4.78 is 15.4. The van der Waals surface area contributed by atoms with Crippen LogP contribution in [0, 0.1) is 31.1 Å². The topological polar surface area (TPSA) is 97.8 Å². The zero-order valence-corrected chi connectivity index (χ0v) is 27.5. The zero-order chi connectivity index (χ0) is 31.4. The number of hydrogen-bond acceptors (Lipinski definition) is 7. The number of rotatable bonds is 6. The molecule has 2 aromatic rings. The molecule has 1 aliphatic carbocycles. The Balaban J connectivity index is 1.73. The lowest BCUT2D eigenvalue weighted by molar-refractivity contribution is -0.154. The van der Waals surface area contributed by atoms with Gasteiger partial charge in [0.25, 0.3) is 5.91 Å². The van der Waals surface area contributed by atoms with E-state index < -0.39 is 11.8 Å². The first kappa shape index (κ1) is 31.1. The summed E-state index contributed by atoms with van der Waals surface area (Å²) in [6.45, 7) is 12.3. The standard InChI is InChI=1S/C34H43N3O5S/c1-17(2)22-14-25-29(33(40)37(22)7)30(28-23(38)15-34(5,6)16-26(28)42-25)27-19(4)20(11-13-24(27)41-8)21-12-10-18(3)31(35-21)32(39)36-43-9/h10-13,17,22,25,29-30H,14-16H2,1-9H3,(H,36,39)/t22-,25-,29-,30-/m0/s1. The molecule has 9 heteroatoms. The van der Waals surface area contributed by atoms with Gasteiger partial charge in [0, 0.05) is 61.2 Å². The Kier molecular flexibility index (Phi) is 8.42. The van der Waals surface area contributed by atoms with Crippen LogP contribution in [0.4, 0.5) is 0 Å². The Morgan fingerprint density at radius 3 is 2.53 bits per heavy atom. The Morgan fingerprint density at radius 1 is 1.16 bits per heavy atom. The molecule has 0 bridgehead atoms. The number of likely N-dealkylation sites (tertiary alicyclic amines) is 1. The average Bonchev–Trinajstić information content (AvgIpc) is 2.93. The Hall–Kier alpha value is -3.33. The molecule has 3 aliphatic rings. The molecule has 1 aromatic heterocycles. The third-order valence-electron chi connectivity index (χ3n) is 9.41. The molecular formula is C34H43N3O5S. The lowest BCUT2D eigenvalue weighted by Gasteiger charge is -2.51. The number of benzene rings is 1. The molecule has 8 nitrogen and oxygen atoms in total. The molecule has 2 aliphatic heterocycles. The van der Waals surface area contributed by atoms with Crippen LogP contribution in [0.1, 0.15) is 80.1 Å². The third-order valence-corrected chi connectivity index (χ3v) is 9.79. The molecule has 1 aromatic carbocycles. The molecule has 3 heterocycles. The van der Waals surface area contributed by atoms with Gasteiger partial charge in [-0.3, -0.25) is 19.1 Å². The highest BCUT2D eigenvalue weighted by Gasteiger charge is 2.55. The summed E-state index contributed by atoms with van der Waals surface area (Å²) >= 11 is 1.23. The van der Waals surface area contributed by atoms with E-state index in [9.17, 15) is 14.4 Å². The zero-order valence-electron chi connectivity index (χ0n) is 26.7. The number of methoxy groups -OCH3 is 1. The van der Waals surface area contributed by atoms with Crippen LogP contribution in [0.2, 0.25) is 0 Å². The number of piperidine rings is 1. The second-order valence-corrected chi connectivity index (χ2v) is 13.9. The number of nitrogens with zero attached hydrogens (tertiary/aromatic N) is 2. The fourth-order valence-corrected chi connectivity index (χ4v) is 7.59. The van der Waals surface area contributed by atoms with Gasteiger partial charge in [-0.15, -0.1) is 0 Å². The number of nitrogens with one attached hydrogen (secondary N) is 1. The van der Waals surface area contributed by atoms with Crippen LogP contribution in [0.5, 0.6) is 5.75 Å². The van der Waals surface area contributed by atoms with Crippen molar-refractivity contribution in [2.24, 2.45) is 17.3 Å². The van der Waals surface area contributed by atoms with Crippen LogP contribution in [0.3, 0.4) is 0 Å². The monoisotopic (exact) mass is 605 g/mol. The van der Waals surface area contributed by atoms with Crippen LogP contribution in [-0.4, -0.2) is 60.0 Å². The van der Waals surface area contributed by atoms with Crippen molar-refractivity contribution in [2.75, 3.05) is 20.4 Å². The van der Waals surface area contributed by atoms with E-state index in [0.717, 1.165) is 22.3 Å². The molecule has 1 saturated heterocycles. The maximum atomic E-state index is 14.3. The number of ether oxygens (including phenoxy) is 2. The van der Waals surface area contributed by atoms with Gasteiger partial charge in [0.1, 0.15) is 23.3 Å². The number of fused-ring (bicyclic) bond motifs is 1. The van der Waals surface area contributed by atoms with E-state index in [1.807, 2.05) is 50.1 Å². The van der Waals surface area contributed by atoms with Crippen molar-refractivity contribution < 1.29 is 23.9 Å². The van der Waals surface area contributed by atoms with Crippen molar-refractivity contribution >= 4 is 29.5 Å². The van der Waals surface area contributed by atoms with E-state index in [-0.39, 0.29) is 41.1 Å². The van der Waals surface area contributed by atoms with Gasteiger partial charge in [-0.05, 0) is 54.5 Å². The number of allylic oxidation sites excluding steroid dienone is 2. The van der Waals surface area contributed by atoms with Gasteiger partial charge in [0.05, 0.1) is 18.7 Å². The van der Waals surface area contributed by atoms with E-state index in [1.165, 1.54) is 11.9 Å². The van der Waals surface area contributed by atoms with Crippen LogP contribution in [0.25, 0.3) is 11.3 Å². The summed E-state index contributed by atoms with van der Waals surface area (Å²) in [7, 11) is 3.49. The summed E-state index contributed by atoms with van der Waals surface area (Å²) in [4.78, 5) is 47.7. The minimum absolute atomic E-state index is 0.0135. The smallest absolute Gasteiger partial charge is 0.279 e. The summed E-state index contributed by atoms with van der Waals surface area (Å²) in [6, 6.07) is 7.66. The number of hydrogen-bond donors (Lipinski definition) is 1. The highest BCUT2D eigenvalue weighted by molar-refractivity contribution is 7.97. The molecule has 0 radical (unpaired) electrons. The molecule has 0 saturated carbocycles. The van der Waals surface area contributed by atoms with E-state index >= 15 is 0 Å². The van der Waals surface area contributed by atoms with Gasteiger partial charge in [-0.1, -0.05) is 45.7 Å². The number of pyridine rings is 1. The van der Waals surface area contributed by atoms with E-state index in [2.05, 4.69) is 32.4 Å². The first-order valence-electron chi connectivity index (χ1n) is 15.0. The highest BCUT2D eigenvalue weighted by atomic mass is 32.2. The van der Waals surface area contributed by atoms with Gasteiger partial charge >= 0.3 is 0 Å². The van der Waals surface area contributed by atoms with Gasteiger partial charge < -0.3 is 14.4 Å². The highest BCUT2D eigenvalue weighted by Crippen LogP contribution is 2.54. The van der Waals surface area contributed by atoms with Gasteiger partial charge in [-0.2, -0.15) is 0 Å². The van der Waals surface area contributed by atoms with Crippen molar-refractivity contribution in [1.82, 2.24) is 14.6 Å². The molecule has 230 valence electrons. The summed E-state index contributed by atoms with van der Waals surface area (Å²) in [5, 5.41) is 0. The lowest BCUT2D eigenvalue weighted by atomic mass is 9.64. The summed E-state index contributed by atoms with van der Waals surface area (Å²) in [5.41, 5.74) is 4.62. The summed E-state index contributed by atoms with van der Waals surface area (Å²) in [5.74, 6) is 0.246. The molecule has 5 rings (SSSR count). The van der Waals surface area contributed by atoms with Crippen LogP contribution >= 0.6 is 11.9 Å². The minimum Gasteiger partial charge on any atom is -0.496 e. The van der Waals surface area contributed by atoms with Crippen molar-refractivity contribution in [3.63, 3.8) is 0 Å². The van der Waals surface area contributed by atoms with Crippen LogP contribution < -0.4 is 9.46 Å². The fourth-order valence-electron chi connectivity index (χ4n) is 7.31. The number of aromatic nitrogens is 1. The maximum absolute atomic E-state index is 14.3. The molecule has 1 fully saturated rings. The van der Waals surface area contributed by atoms with Gasteiger partial charge in [0.15, 0.2) is 5.78 Å². The Morgan fingerprint density at radius 2 is 1.88 bits per heavy atom. The first-order valence-corrected chi connectivity index (χ1v) is 16.2. The number of aryl methyl sites for hydroxylation is 1. The Bertz CT molecular complexity index is 1510. The third kappa shape index (κ3) is 5.45. The van der Waals surface area contributed by atoms with Crippen molar-refractivity contribution in [2.45, 2.75) is 78.9 Å². The van der Waals surface area contributed by atoms with Crippen molar-refractivity contribution in [1.29, 1.82) is 0 Å². The van der Waals surface area contributed by atoms with Crippen molar-refractivity contribution in [3.05, 3.63) is 58.0 Å². The van der Waals surface area contributed by atoms with Gasteiger partial charge in [0.2, 0.25) is 5.91 Å². The van der Waals surface area contributed by atoms with E-state index in [1.54, 1.807) is 13.4 Å². The molecule has 0 spiro atoms. The fraction of sp³-hybridized carbons (Fsp3) is 0.529. The quantitative estimate of drug-likeness (QED) is 0.403. The lowest BCUT2D eigenvalue weighted by Crippen LogP contribution is -2.58. The summed E-state index contributed by atoms with van der Waals surface area (Å²) in [6.07, 6.45) is 3.16. The first-order chi connectivity index (χ1) is 20.3. The van der Waals surface area contributed by atoms with Crippen molar-refractivity contribution in [3.8, 4) is 17.0 Å². The molecular weight excluding hydrogens is 562 g/mol. The number of carbonyl (C=O) groups excluding carboxylic acids is 3. The minimum atomic E-state index is -0.569. The van der Waals surface area contributed by atoms with E-state index in [0.29, 0.717) is 47.7 Å². The number of amides is 2.